The topological polar surface area (TPSA) is 129 Å². The molecule has 1 aromatic carbocycles. The molecular formula is C23H24FN9O. The Labute approximate surface area is 195 Å². The molecule has 2 aliphatic heterocycles. The Hall–Kier alpha value is -3.65. The molecule has 1 aliphatic carbocycles. The molecule has 174 valence electrons. The third-order valence-corrected chi connectivity index (χ3v) is 7.00. The number of phenolic OH excluding ortho intramolecular Hbond substituents is 1. The van der Waals surface area contributed by atoms with Gasteiger partial charge in [0, 0.05) is 29.8 Å². The predicted molar refractivity (Wildman–Crippen MR) is 120 cm³/mol. The lowest BCUT2D eigenvalue weighted by molar-refractivity contribution is 0.103. The Morgan fingerprint density at radius 1 is 1.18 bits per heavy atom. The van der Waals surface area contributed by atoms with E-state index in [1.165, 1.54) is 16.9 Å². The van der Waals surface area contributed by atoms with Gasteiger partial charge in [0.2, 0.25) is 5.95 Å². The molecule has 2 saturated heterocycles. The Morgan fingerprint density at radius 2 is 2.06 bits per heavy atom. The summed E-state index contributed by atoms with van der Waals surface area (Å²) >= 11 is 0. The van der Waals surface area contributed by atoms with Crippen LogP contribution in [-0.2, 0) is 0 Å². The first-order chi connectivity index (χ1) is 16.6. The van der Waals surface area contributed by atoms with Crippen molar-refractivity contribution >= 4 is 5.95 Å². The van der Waals surface area contributed by atoms with E-state index in [4.69, 9.17) is 5.26 Å². The number of fused-ring (bicyclic) bond motifs is 2. The summed E-state index contributed by atoms with van der Waals surface area (Å²) in [5.41, 5.74) is 1.62. The summed E-state index contributed by atoms with van der Waals surface area (Å²) in [6.07, 6.45) is 7.88. The fraction of sp³-hybridized carbons (Fsp3) is 0.478. The quantitative estimate of drug-likeness (QED) is 0.588. The molecule has 10 nitrogen and oxygen atoms in total. The molecule has 3 fully saturated rings. The molecule has 11 heteroatoms. The van der Waals surface area contributed by atoms with Gasteiger partial charge < -0.3 is 15.3 Å². The third-order valence-electron chi connectivity index (χ3n) is 7.00. The van der Waals surface area contributed by atoms with E-state index in [9.17, 15) is 5.11 Å². The van der Waals surface area contributed by atoms with Crippen molar-refractivity contribution in [2.45, 2.75) is 68.9 Å². The number of hydrogen-bond acceptors (Lipinski definition) is 9. The van der Waals surface area contributed by atoms with E-state index in [2.05, 4.69) is 30.8 Å². The molecule has 0 amide bonds. The van der Waals surface area contributed by atoms with Gasteiger partial charge in [0.05, 0.1) is 24.1 Å². The largest absolute Gasteiger partial charge is 0.507 e. The number of aromatic hydroxyl groups is 1. The second-order valence-corrected chi connectivity index (χ2v) is 9.29. The number of nitriles is 1. The average Bonchev–Trinajstić information content (AvgIpc) is 3.57. The van der Waals surface area contributed by atoms with Crippen LogP contribution in [0.5, 0.6) is 5.75 Å². The monoisotopic (exact) mass is 461 g/mol. The molecule has 0 unspecified atom stereocenters. The zero-order valence-corrected chi connectivity index (χ0v) is 18.4. The van der Waals surface area contributed by atoms with Crippen molar-refractivity contribution in [1.29, 1.82) is 5.26 Å². The number of phenols is 1. The third kappa shape index (κ3) is 3.74. The molecule has 0 spiro atoms. The molecule has 1 saturated carbocycles. The maximum Gasteiger partial charge on any atom is 0.245 e. The number of alkyl halides is 1. The number of aromatic nitrogens is 6. The standard InChI is InChI=1S/C23H24FN9O/c24-22-18-3-1-2-13(27-18)8-20(22)33(15-4-5-15)23-26-11-19(29-30-23)17-7-6-16(9-21(17)34)32-12-14(10-25)28-31-32/h6-7,9,11-13,15,18,20,22,27,34H,1-5,8H2/t13-,18-,20+,22-/m0/s1. The highest BCUT2D eigenvalue weighted by atomic mass is 19.1. The molecule has 0 radical (unpaired) electrons. The van der Waals surface area contributed by atoms with E-state index in [0.29, 0.717) is 28.9 Å². The fourth-order valence-electron chi connectivity index (χ4n) is 5.21. The number of nitrogens with zero attached hydrogens (tertiary/aromatic N) is 8. The highest BCUT2D eigenvalue weighted by Crippen LogP contribution is 2.39. The van der Waals surface area contributed by atoms with Gasteiger partial charge in [0.15, 0.2) is 5.69 Å². The van der Waals surface area contributed by atoms with Crippen LogP contribution in [0.4, 0.5) is 10.3 Å². The van der Waals surface area contributed by atoms with E-state index in [-0.39, 0.29) is 29.6 Å². The minimum absolute atomic E-state index is 0.0237. The van der Waals surface area contributed by atoms with Crippen LogP contribution >= 0.6 is 0 Å². The summed E-state index contributed by atoms with van der Waals surface area (Å²) < 4.78 is 16.8. The smallest absolute Gasteiger partial charge is 0.245 e. The summed E-state index contributed by atoms with van der Waals surface area (Å²) in [6, 6.07) is 7.10. The SMILES string of the molecule is N#Cc1cn(-c2ccc(-c3cnc(N(C4CC4)[C@@H]4C[C@@H]5CCC[C@H](N5)[C@@H]4F)nn3)c(O)c2)nn1. The predicted octanol–water partition coefficient (Wildman–Crippen LogP) is 2.29. The lowest BCUT2D eigenvalue weighted by atomic mass is 9.82. The molecule has 2 aromatic heterocycles. The zero-order valence-electron chi connectivity index (χ0n) is 18.4. The Morgan fingerprint density at radius 3 is 2.76 bits per heavy atom. The van der Waals surface area contributed by atoms with Crippen molar-refractivity contribution < 1.29 is 9.50 Å². The van der Waals surface area contributed by atoms with Crippen LogP contribution in [0.25, 0.3) is 16.9 Å². The Balaban J connectivity index is 1.25. The van der Waals surface area contributed by atoms with Crippen molar-refractivity contribution in [3.05, 3.63) is 36.3 Å². The Bertz CT molecular complexity index is 1240. The van der Waals surface area contributed by atoms with Crippen molar-refractivity contribution in [3.8, 4) is 28.8 Å². The van der Waals surface area contributed by atoms with Gasteiger partial charge in [0.25, 0.3) is 0 Å². The van der Waals surface area contributed by atoms with E-state index >= 15 is 4.39 Å². The van der Waals surface area contributed by atoms with Crippen LogP contribution in [-0.4, -0.2) is 65.6 Å². The van der Waals surface area contributed by atoms with Gasteiger partial charge in [0.1, 0.15) is 23.7 Å². The second kappa shape index (κ2) is 8.29. The summed E-state index contributed by atoms with van der Waals surface area (Å²) in [6.45, 7) is 0. The molecule has 4 atom stereocenters. The van der Waals surface area contributed by atoms with Crippen LogP contribution in [0.15, 0.2) is 30.6 Å². The van der Waals surface area contributed by atoms with Gasteiger partial charge in [-0.05, 0) is 44.2 Å². The van der Waals surface area contributed by atoms with Gasteiger partial charge in [-0.25, -0.2) is 14.1 Å². The van der Waals surface area contributed by atoms with Crippen molar-refractivity contribution in [2.24, 2.45) is 0 Å². The van der Waals surface area contributed by atoms with Crippen molar-refractivity contribution in [2.75, 3.05) is 4.90 Å². The van der Waals surface area contributed by atoms with Gasteiger partial charge in [-0.1, -0.05) is 11.6 Å². The number of hydrogen-bond donors (Lipinski definition) is 2. The van der Waals surface area contributed by atoms with Crippen LogP contribution < -0.4 is 10.2 Å². The van der Waals surface area contributed by atoms with Gasteiger partial charge >= 0.3 is 0 Å². The molecule has 6 rings (SSSR count). The van der Waals surface area contributed by atoms with Crippen LogP contribution in [0.2, 0.25) is 0 Å². The number of benzene rings is 1. The van der Waals surface area contributed by atoms with E-state index in [1.54, 1.807) is 18.3 Å². The molecule has 4 heterocycles. The molecule has 2 N–H and O–H groups in total. The summed E-state index contributed by atoms with van der Waals surface area (Å²) in [7, 11) is 0. The van der Waals surface area contributed by atoms with Crippen molar-refractivity contribution in [1.82, 2.24) is 35.5 Å². The number of rotatable bonds is 5. The number of nitrogens with one attached hydrogen (secondary N) is 1. The van der Waals surface area contributed by atoms with Crippen LogP contribution in [0.1, 0.15) is 44.2 Å². The maximum atomic E-state index is 15.4. The first kappa shape index (κ1) is 20.9. The van der Waals surface area contributed by atoms with Crippen LogP contribution in [0, 0.1) is 11.3 Å². The normalized spacial score (nSPS) is 26.1. The molecular weight excluding hydrogens is 437 g/mol. The van der Waals surface area contributed by atoms with Crippen molar-refractivity contribution in [3.63, 3.8) is 0 Å². The average molecular weight is 462 g/mol. The second-order valence-electron chi connectivity index (χ2n) is 9.29. The minimum Gasteiger partial charge on any atom is -0.507 e. The molecule has 34 heavy (non-hydrogen) atoms. The minimum atomic E-state index is -0.963. The maximum absolute atomic E-state index is 15.4. The Kier molecular flexibility index (Phi) is 5.10. The zero-order chi connectivity index (χ0) is 23.2. The highest BCUT2D eigenvalue weighted by Gasteiger charge is 2.47. The molecule has 3 aromatic rings. The van der Waals surface area contributed by atoms with Gasteiger partial charge in [-0.15, -0.1) is 15.3 Å². The fourth-order valence-corrected chi connectivity index (χ4v) is 5.21. The highest BCUT2D eigenvalue weighted by molar-refractivity contribution is 5.68. The number of piperidine rings is 2. The van der Waals surface area contributed by atoms with E-state index < -0.39 is 6.17 Å². The first-order valence-electron chi connectivity index (χ1n) is 11.6. The molecule has 2 bridgehead atoms. The lowest BCUT2D eigenvalue weighted by Gasteiger charge is -2.46. The first-order valence-corrected chi connectivity index (χ1v) is 11.6. The molecule has 3 aliphatic rings. The summed E-state index contributed by atoms with van der Waals surface area (Å²) in [5, 5.41) is 39.2. The van der Waals surface area contributed by atoms with Gasteiger partial charge in [-0.2, -0.15) is 5.26 Å². The van der Waals surface area contributed by atoms with Gasteiger partial charge in [-0.3, -0.25) is 0 Å². The lowest BCUT2D eigenvalue weighted by Crippen LogP contribution is -2.62. The van der Waals surface area contributed by atoms with E-state index in [1.807, 2.05) is 11.0 Å². The van der Waals surface area contributed by atoms with Crippen LogP contribution in [0.3, 0.4) is 0 Å². The number of anilines is 1. The van der Waals surface area contributed by atoms with E-state index in [0.717, 1.165) is 38.5 Å². The number of halogens is 1. The summed E-state index contributed by atoms with van der Waals surface area (Å²) in [5.74, 6) is 0.422. The summed E-state index contributed by atoms with van der Waals surface area (Å²) in [4.78, 5) is 6.60.